The number of hydrogen-bond donors (Lipinski definition) is 1. The summed E-state index contributed by atoms with van der Waals surface area (Å²) in [6.07, 6.45) is 1.10. The van der Waals surface area contributed by atoms with Crippen molar-refractivity contribution in [1.82, 2.24) is 5.32 Å². The van der Waals surface area contributed by atoms with E-state index in [2.05, 4.69) is 26.1 Å². The zero-order valence-corrected chi connectivity index (χ0v) is 13.4. The molecule has 0 aliphatic heterocycles. The fourth-order valence-electron chi connectivity index (χ4n) is 2.34. The second-order valence-electron chi connectivity index (χ2n) is 5.15. The third kappa shape index (κ3) is 4.04. The van der Waals surface area contributed by atoms with E-state index in [0.29, 0.717) is 18.5 Å². The summed E-state index contributed by atoms with van der Waals surface area (Å²) in [5, 5.41) is 3.57. The first-order valence-corrected chi connectivity index (χ1v) is 7.09. The normalized spacial score (nSPS) is 12.3. The quantitative estimate of drug-likeness (QED) is 0.794. The molecule has 0 spiro atoms. The van der Waals surface area contributed by atoms with Gasteiger partial charge in [-0.3, -0.25) is 0 Å². The van der Waals surface area contributed by atoms with E-state index in [1.54, 1.807) is 21.3 Å². The summed E-state index contributed by atoms with van der Waals surface area (Å²) in [4.78, 5) is 0. The molecule has 0 aliphatic rings. The predicted molar refractivity (Wildman–Crippen MR) is 81.9 cm³/mol. The van der Waals surface area contributed by atoms with E-state index in [1.165, 1.54) is 0 Å². The van der Waals surface area contributed by atoms with Crippen LogP contribution < -0.4 is 19.5 Å². The summed E-state index contributed by atoms with van der Waals surface area (Å²) in [7, 11) is 4.97. The minimum Gasteiger partial charge on any atom is -0.496 e. The largest absolute Gasteiger partial charge is 0.496 e. The second-order valence-corrected chi connectivity index (χ2v) is 5.15. The van der Waals surface area contributed by atoms with Crippen LogP contribution in [0.1, 0.15) is 32.8 Å². The average Bonchev–Trinajstić information content (AvgIpc) is 2.46. The van der Waals surface area contributed by atoms with Gasteiger partial charge in [0.25, 0.3) is 0 Å². The molecular formula is C16H27NO3. The van der Waals surface area contributed by atoms with E-state index in [0.717, 1.165) is 29.2 Å². The molecule has 1 atom stereocenters. The Morgan fingerprint density at radius 3 is 1.90 bits per heavy atom. The van der Waals surface area contributed by atoms with E-state index >= 15 is 0 Å². The molecule has 1 unspecified atom stereocenters. The van der Waals surface area contributed by atoms with Crippen LogP contribution in [0.25, 0.3) is 0 Å². The Balaban J connectivity index is 2.97. The van der Waals surface area contributed by atoms with Crippen LogP contribution in [-0.4, -0.2) is 27.4 Å². The Morgan fingerprint density at radius 2 is 1.55 bits per heavy atom. The summed E-state index contributed by atoms with van der Waals surface area (Å²) in [6, 6.07) is 4.25. The lowest BCUT2D eigenvalue weighted by molar-refractivity contribution is 0.352. The first-order chi connectivity index (χ1) is 9.57. The third-order valence-corrected chi connectivity index (χ3v) is 3.60. The Hall–Kier alpha value is -1.42. The molecule has 1 aromatic carbocycles. The van der Waals surface area contributed by atoms with Gasteiger partial charge >= 0.3 is 0 Å². The van der Waals surface area contributed by atoms with Crippen molar-refractivity contribution in [2.75, 3.05) is 21.3 Å². The van der Waals surface area contributed by atoms with Crippen LogP contribution in [0.3, 0.4) is 0 Å². The van der Waals surface area contributed by atoms with Crippen molar-refractivity contribution in [2.45, 2.75) is 39.8 Å². The van der Waals surface area contributed by atoms with Gasteiger partial charge in [0, 0.05) is 24.7 Å². The monoisotopic (exact) mass is 281 g/mol. The third-order valence-electron chi connectivity index (χ3n) is 3.60. The van der Waals surface area contributed by atoms with Gasteiger partial charge in [-0.05, 0) is 12.3 Å². The number of rotatable bonds is 8. The van der Waals surface area contributed by atoms with Gasteiger partial charge in [0.2, 0.25) is 0 Å². The van der Waals surface area contributed by atoms with Crippen LogP contribution in [-0.2, 0) is 6.54 Å². The number of ether oxygens (including phenoxy) is 3. The van der Waals surface area contributed by atoms with Gasteiger partial charge in [0.15, 0.2) is 0 Å². The molecule has 1 aromatic rings. The van der Waals surface area contributed by atoms with Gasteiger partial charge in [-0.25, -0.2) is 0 Å². The Labute approximate surface area is 122 Å². The minimum atomic E-state index is 0.478. The molecule has 0 aromatic heterocycles. The molecule has 0 saturated heterocycles. The molecule has 1 N–H and O–H groups in total. The van der Waals surface area contributed by atoms with Gasteiger partial charge in [-0.15, -0.1) is 0 Å². The zero-order valence-electron chi connectivity index (χ0n) is 13.4. The number of hydrogen-bond acceptors (Lipinski definition) is 4. The standard InChI is InChI=1S/C16H27NO3/c1-7-14(11(2)3)17-10-13-15(19-5)8-12(18-4)9-16(13)20-6/h8-9,11,14,17H,7,10H2,1-6H3. The van der Waals surface area contributed by atoms with E-state index in [4.69, 9.17) is 14.2 Å². The molecule has 4 heteroatoms. The maximum absolute atomic E-state index is 5.46. The van der Waals surface area contributed by atoms with Gasteiger partial charge in [-0.1, -0.05) is 20.8 Å². The highest BCUT2D eigenvalue weighted by molar-refractivity contribution is 5.50. The van der Waals surface area contributed by atoms with Gasteiger partial charge in [0.1, 0.15) is 17.2 Å². The van der Waals surface area contributed by atoms with Gasteiger partial charge in [-0.2, -0.15) is 0 Å². The highest BCUT2D eigenvalue weighted by Crippen LogP contribution is 2.34. The lowest BCUT2D eigenvalue weighted by Crippen LogP contribution is -2.32. The molecule has 0 amide bonds. The molecule has 1 rings (SSSR count). The zero-order chi connectivity index (χ0) is 15.1. The molecule has 0 heterocycles. The molecule has 0 bridgehead atoms. The van der Waals surface area contributed by atoms with Crippen molar-refractivity contribution < 1.29 is 14.2 Å². The van der Waals surface area contributed by atoms with Gasteiger partial charge < -0.3 is 19.5 Å². The first kappa shape index (κ1) is 16.6. The average molecular weight is 281 g/mol. The summed E-state index contributed by atoms with van der Waals surface area (Å²) in [5.74, 6) is 2.90. The first-order valence-electron chi connectivity index (χ1n) is 7.09. The molecule has 20 heavy (non-hydrogen) atoms. The lowest BCUT2D eigenvalue weighted by atomic mass is 10.0. The van der Waals surface area contributed by atoms with Crippen molar-refractivity contribution >= 4 is 0 Å². The predicted octanol–water partition coefficient (Wildman–Crippen LogP) is 3.24. The molecule has 114 valence electrons. The highest BCUT2D eigenvalue weighted by atomic mass is 16.5. The maximum Gasteiger partial charge on any atom is 0.130 e. The van der Waals surface area contributed by atoms with E-state index in [-0.39, 0.29) is 0 Å². The van der Waals surface area contributed by atoms with Crippen LogP contribution >= 0.6 is 0 Å². The van der Waals surface area contributed by atoms with Gasteiger partial charge in [0.05, 0.1) is 26.9 Å². The topological polar surface area (TPSA) is 39.7 Å². The number of benzene rings is 1. The van der Waals surface area contributed by atoms with E-state index < -0.39 is 0 Å². The molecule has 0 aliphatic carbocycles. The molecule has 0 radical (unpaired) electrons. The van der Waals surface area contributed by atoms with Crippen LogP contribution in [0, 0.1) is 5.92 Å². The van der Waals surface area contributed by atoms with Crippen molar-refractivity contribution in [1.29, 1.82) is 0 Å². The molecule has 0 saturated carbocycles. The Kier molecular flexibility index (Phi) is 6.65. The van der Waals surface area contributed by atoms with Crippen molar-refractivity contribution in [3.63, 3.8) is 0 Å². The smallest absolute Gasteiger partial charge is 0.130 e. The van der Waals surface area contributed by atoms with E-state index in [9.17, 15) is 0 Å². The summed E-state index contributed by atoms with van der Waals surface area (Å²) in [6.45, 7) is 7.36. The summed E-state index contributed by atoms with van der Waals surface area (Å²) >= 11 is 0. The fourth-order valence-corrected chi connectivity index (χ4v) is 2.34. The lowest BCUT2D eigenvalue weighted by Gasteiger charge is -2.22. The molecule has 0 fully saturated rings. The summed E-state index contributed by atoms with van der Waals surface area (Å²) < 4.78 is 16.2. The van der Waals surface area contributed by atoms with Crippen molar-refractivity contribution in [2.24, 2.45) is 5.92 Å². The number of methoxy groups -OCH3 is 3. The van der Waals surface area contributed by atoms with Crippen LogP contribution in [0.4, 0.5) is 0 Å². The maximum atomic E-state index is 5.46. The van der Waals surface area contributed by atoms with Crippen molar-refractivity contribution in [3.8, 4) is 17.2 Å². The van der Waals surface area contributed by atoms with Crippen LogP contribution in [0.2, 0.25) is 0 Å². The molecular weight excluding hydrogens is 254 g/mol. The molecule has 4 nitrogen and oxygen atoms in total. The number of nitrogens with one attached hydrogen (secondary N) is 1. The van der Waals surface area contributed by atoms with Crippen LogP contribution in [0.15, 0.2) is 12.1 Å². The Morgan fingerprint density at radius 1 is 1.00 bits per heavy atom. The van der Waals surface area contributed by atoms with Crippen molar-refractivity contribution in [3.05, 3.63) is 17.7 Å². The second kappa shape index (κ2) is 8.00. The minimum absolute atomic E-state index is 0.478. The SMILES string of the molecule is CCC(NCc1c(OC)cc(OC)cc1OC)C(C)C. The fraction of sp³-hybridized carbons (Fsp3) is 0.625. The Bertz CT molecular complexity index is 393. The highest BCUT2D eigenvalue weighted by Gasteiger charge is 2.16. The summed E-state index contributed by atoms with van der Waals surface area (Å²) in [5.41, 5.74) is 1.02. The van der Waals surface area contributed by atoms with Crippen LogP contribution in [0.5, 0.6) is 17.2 Å². The van der Waals surface area contributed by atoms with E-state index in [1.807, 2.05) is 12.1 Å².